The van der Waals surface area contributed by atoms with Gasteiger partial charge in [0.05, 0.1) is 5.69 Å². The molecule has 18 aromatic rings. The molecule has 0 saturated heterocycles. The summed E-state index contributed by atoms with van der Waals surface area (Å²) in [7, 11) is 0. The first-order chi connectivity index (χ1) is 55.8. The Hall–Kier alpha value is -12.0. The Kier molecular flexibility index (Phi) is 31.6. The Labute approximate surface area is 737 Å². The van der Waals surface area contributed by atoms with Crippen molar-refractivity contribution < 1.29 is 63.2 Å². The topological polar surface area (TPSA) is 134 Å². The van der Waals surface area contributed by atoms with Crippen LogP contribution in [0.15, 0.2) is 340 Å². The first-order valence-corrected chi connectivity index (χ1v) is 38.3. The maximum absolute atomic E-state index is 4.37. The van der Waals surface area contributed by atoms with Crippen molar-refractivity contribution >= 4 is 0 Å². The van der Waals surface area contributed by atoms with Crippen molar-refractivity contribution in [3.63, 3.8) is 0 Å². The molecule has 0 N–H and O–H groups in total. The molecule has 12 aromatic carbocycles. The zero-order valence-electron chi connectivity index (χ0n) is 67.6. The van der Waals surface area contributed by atoms with Crippen LogP contribution in [0.2, 0.25) is 0 Å². The molecule has 600 valence electrons. The van der Waals surface area contributed by atoms with E-state index in [0.717, 1.165) is 102 Å². The van der Waals surface area contributed by atoms with Gasteiger partial charge in [-0.15, -0.1) is 91.0 Å². The fourth-order valence-corrected chi connectivity index (χ4v) is 12.5. The normalized spacial score (nSPS) is 10.6. The molecule has 18 rings (SSSR count). The van der Waals surface area contributed by atoms with Gasteiger partial charge in [-0.25, -0.2) is 17.1 Å². The maximum atomic E-state index is 4.37. The van der Waals surface area contributed by atoms with E-state index in [1.807, 2.05) is 171 Å². The molecular formula is C103H89N12Pt3-9. The number of hydrogen-bond acceptors (Lipinski definition) is 6. The summed E-state index contributed by atoms with van der Waals surface area (Å²) in [6.45, 7) is 23.0. The first kappa shape index (κ1) is 88.3. The molecule has 15 heteroatoms. The Morgan fingerprint density at radius 3 is 1.04 bits per heavy atom. The summed E-state index contributed by atoms with van der Waals surface area (Å²) in [5.41, 5.74) is 30.6. The van der Waals surface area contributed by atoms with E-state index in [-0.39, 0.29) is 74.0 Å². The SMILES string of the molecule is CC(C)(C)c1c[c-]c(-n2cccn2)cc1.CC(C)(C)c1cc(-c2[c-]cc(-c3ccc(-c4ccccc4)cc3)cc2)[n-]n1.Cc1cc(-c2[c-]cc(-c3ccc(-c4ccccc4)cc3)cc2)[n-]n1.Cc1cc(C)n(-c2[c-]cccc2)n1.Cc1n[n-]c(-c2[c-]cc(-c3ccc(-c4ccccc4)cc3)cc2)c1C.[Pt].[Pt].[Pt].[c-]1ccccc1-n1cccn1. The van der Waals surface area contributed by atoms with Gasteiger partial charge < -0.3 is 30.6 Å². The Bertz CT molecular complexity index is 5940. The third-order valence-corrected chi connectivity index (χ3v) is 19.2. The van der Waals surface area contributed by atoms with Crippen LogP contribution in [0.4, 0.5) is 0 Å². The van der Waals surface area contributed by atoms with Crippen LogP contribution in [-0.4, -0.2) is 44.6 Å². The van der Waals surface area contributed by atoms with Crippen LogP contribution in [0, 0.1) is 71.0 Å². The average molecular weight is 2080 g/mol. The predicted molar refractivity (Wildman–Crippen MR) is 466 cm³/mol. The van der Waals surface area contributed by atoms with E-state index in [2.05, 4.69) is 325 Å². The predicted octanol–water partition coefficient (Wildman–Crippen LogP) is 23.7. The molecule has 0 bridgehead atoms. The van der Waals surface area contributed by atoms with Crippen molar-refractivity contribution in [3.05, 3.63) is 416 Å². The van der Waals surface area contributed by atoms with Crippen LogP contribution in [-0.2, 0) is 74.0 Å². The number of hydrogen-bond donors (Lipinski definition) is 0. The molecule has 0 aliphatic heterocycles. The summed E-state index contributed by atoms with van der Waals surface area (Å²) in [6.07, 6.45) is 7.33. The largest absolute Gasteiger partial charge is 0.619 e. The quantitative estimate of drug-likeness (QED) is 0.110. The van der Waals surface area contributed by atoms with Crippen molar-refractivity contribution in [1.82, 2.24) is 59.9 Å². The number of nitrogens with zero attached hydrogens (tertiary/aromatic N) is 12. The van der Waals surface area contributed by atoms with E-state index < -0.39 is 0 Å². The van der Waals surface area contributed by atoms with E-state index in [1.54, 1.807) is 17.1 Å². The van der Waals surface area contributed by atoms with Gasteiger partial charge in [-0.2, -0.15) is 104 Å². The Morgan fingerprint density at radius 1 is 0.314 bits per heavy atom. The van der Waals surface area contributed by atoms with Crippen molar-refractivity contribution in [3.8, 4) is 118 Å². The standard InChI is InChI=1S/C25H22N2.C23H18N2.C22H16N2.C13H15N2.C11H11N2.C9H7N2.3Pt/c1-25(2,3)24-17-23(26-27-24)22-15-13-21(14-16-22)20-11-9-19(10-12-20)18-7-5-4-6-8-18;1-16-17(2)24-25-23(16)22-14-12-21(13-15-22)20-10-8-19(9-11-20)18-6-4-3-5-7-18;1-16-15-22(24-23-16)21-13-11-20(12-14-21)19-9-7-18(8-10-19)17-5-3-2-4-6-17;1-13(2,3)11-5-7-12(8-6-11)15-10-4-9-14-15;1-9-8-10(2)13(12-9)11-6-4-3-5-7-11;1-2-5-9(6-3-1)11-8-4-7-10-11;;;/h4-15,17H,1-3H3;3-14H,1-2H3;2-13,15H,1H3;4-7,9-10H,1-3H3;3-6,8H,1-2H3;1-5,7-8H;;;/q3*-2;3*-1;;;. The second-order valence-corrected chi connectivity index (χ2v) is 29.7. The fraction of sp³-hybridized carbons (Fsp3) is 0.126. The van der Waals surface area contributed by atoms with Crippen LogP contribution in [0.5, 0.6) is 0 Å². The van der Waals surface area contributed by atoms with Crippen LogP contribution in [0.1, 0.15) is 81.1 Å². The second-order valence-electron chi connectivity index (χ2n) is 29.7. The third kappa shape index (κ3) is 23.9. The van der Waals surface area contributed by atoms with E-state index in [1.165, 1.54) is 55.6 Å². The molecule has 0 aliphatic rings. The van der Waals surface area contributed by atoms with Crippen LogP contribution < -0.4 is 15.3 Å². The zero-order valence-corrected chi connectivity index (χ0v) is 74.5. The number of benzene rings is 12. The summed E-state index contributed by atoms with van der Waals surface area (Å²) < 4.78 is 5.49. The van der Waals surface area contributed by atoms with Crippen LogP contribution in [0.3, 0.4) is 0 Å². The number of rotatable bonds is 12. The van der Waals surface area contributed by atoms with E-state index in [4.69, 9.17) is 0 Å². The van der Waals surface area contributed by atoms with Gasteiger partial charge in [0.25, 0.3) is 0 Å². The summed E-state index contributed by atoms with van der Waals surface area (Å²) in [5, 5.41) is 37.8. The molecule has 0 saturated carbocycles. The number of para-hydroxylation sites is 2. The van der Waals surface area contributed by atoms with Gasteiger partial charge in [-0.05, 0) is 103 Å². The smallest absolute Gasteiger partial charge is 0.0600 e. The molecule has 0 radical (unpaired) electrons. The number of aryl methyl sites for hydroxylation is 4. The van der Waals surface area contributed by atoms with E-state index in [9.17, 15) is 0 Å². The number of aromatic nitrogens is 12. The van der Waals surface area contributed by atoms with Crippen LogP contribution >= 0.6 is 0 Å². The summed E-state index contributed by atoms with van der Waals surface area (Å²) in [6, 6.07) is 127. The van der Waals surface area contributed by atoms with Gasteiger partial charge in [-0.3, -0.25) is 14.0 Å². The molecule has 0 amide bonds. The molecule has 118 heavy (non-hydrogen) atoms. The summed E-state index contributed by atoms with van der Waals surface area (Å²) in [5.74, 6) is 0. The Balaban J connectivity index is 0.000000152. The van der Waals surface area contributed by atoms with Gasteiger partial charge in [0.2, 0.25) is 0 Å². The first-order valence-electron chi connectivity index (χ1n) is 38.3. The van der Waals surface area contributed by atoms with Crippen LogP contribution in [0.25, 0.3) is 118 Å². The zero-order chi connectivity index (χ0) is 80.1. The molecule has 6 heterocycles. The molecule has 0 unspecified atom stereocenters. The molecule has 0 atom stereocenters. The fourth-order valence-electron chi connectivity index (χ4n) is 12.5. The Morgan fingerprint density at radius 2 is 0.712 bits per heavy atom. The van der Waals surface area contributed by atoms with Gasteiger partial charge in [0.1, 0.15) is 0 Å². The minimum absolute atomic E-state index is 0. The van der Waals surface area contributed by atoms with Gasteiger partial charge in [0.15, 0.2) is 0 Å². The molecule has 12 nitrogen and oxygen atoms in total. The van der Waals surface area contributed by atoms with Crippen molar-refractivity contribution in [2.75, 3.05) is 0 Å². The minimum Gasteiger partial charge on any atom is -0.619 e. The van der Waals surface area contributed by atoms with Gasteiger partial charge in [-0.1, -0.05) is 262 Å². The molecular weight excluding hydrogens is 1990 g/mol. The third-order valence-electron chi connectivity index (χ3n) is 19.2. The van der Waals surface area contributed by atoms with Crippen molar-refractivity contribution in [1.29, 1.82) is 0 Å². The summed E-state index contributed by atoms with van der Waals surface area (Å²) >= 11 is 0. The molecule has 0 aliphatic carbocycles. The minimum atomic E-state index is 0. The van der Waals surface area contributed by atoms with Crippen molar-refractivity contribution in [2.24, 2.45) is 0 Å². The van der Waals surface area contributed by atoms with Crippen molar-refractivity contribution in [2.45, 2.75) is 87.0 Å². The average Bonchev–Trinajstić information content (AvgIpc) is 1.58. The summed E-state index contributed by atoms with van der Waals surface area (Å²) in [4.78, 5) is 0. The second kappa shape index (κ2) is 42.2. The molecule has 0 fully saturated rings. The van der Waals surface area contributed by atoms with Gasteiger partial charge >= 0.3 is 0 Å². The van der Waals surface area contributed by atoms with E-state index >= 15 is 0 Å². The van der Waals surface area contributed by atoms with E-state index in [0.29, 0.717) is 0 Å². The molecule has 0 spiro atoms. The van der Waals surface area contributed by atoms with Gasteiger partial charge in [0, 0.05) is 116 Å². The molecule has 6 aromatic heterocycles. The maximum Gasteiger partial charge on any atom is 0.0600 e. The monoisotopic (exact) mass is 2080 g/mol.